The van der Waals surface area contributed by atoms with Gasteiger partial charge >= 0.3 is 0 Å². The molecule has 81 heavy (non-hydrogen) atoms. The quantitative estimate of drug-likeness (QED) is 0.151. The molecule has 0 saturated carbocycles. The van der Waals surface area contributed by atoms with Crippen LogP contribution in [0.1, 0.15) is 103 Å². The van der Waals surface area contributed by atoms with E-state index in [1.165, 1.54) is 154 Å². The molecule has 0 spiro atoms. The summed E-state index contributed by atoms with van der Waals surface area (Å²) in [5.74, 6) is 0. The predicted molar refractivity (Wildman–Crippen MR) is 348 cm³/mol. The van der Waals surface area contributed by atoms with Gasteiger partial charge in [0, 0.05) is 27.5 Å². The van der Waals surface area contributed by atoms with Crippen molar-refractivity contribution < 1.29 is 0 Å². The molecule has 0 unspecified atom stereocenters. The molecule has 1 heterocycles. The van der Waals surface area contributed by atoms with Crippen molar-refractivity contribution >= 4 is 54.0 Å². The Bertz CT molecular complexity index is 4790. The minimum Gasteiger partial charge on any atom is -0.309 e. The molecule has 0 radical (unpaired) electrons. The minimum atomic E-state index is -0.167. The van der Waals surface area contributed by atoms with Crippen molar-refractivity contribution in [3.05, 3.63) is 258 Å². The second-order valence-electron chi connectivity index (χ2n) is 26.4. The number of benzene rings is 12. The monoisotopic (exact) mass is 1040 g/mol. The fourth-order valence-corrected chi connectivity index (χ4v) is 15.3. The van der Waals surface area contributed by atoms with Crippen LogP contribution >= 0.6 is 0 Å². The van der Waals surface area contributed by atoms with Crippen molar-refractivity contribution in [1.29, 1.82) is 0 Å². The summed E-state index contributed by atoms with van der Waals surface area (Å²) in [6, 6.07) is 86.1. The molecular formula is C80H67N. The lowest BCUT2D eigenvalue weighted by atomic mass is 9.74. The van der Waals surface area contributed by atoms with Gasteiger partial charge in [0.25, 0.3) is 0 Å². The van der Waals surface area contributed by atoms with Crippen LogP contribution in [0.3, 0.4) is 0 Å². The molecule has 15 rings (SSSR count). The third-order valence-electron chi connectivity index (χ3n) is 18.7. The van der Waals surface area contributed by atoms with Gasteiger partial charge in [-0.05, 0) is 179 Å². The molecule has 13 aromatic rings. The van der Waals surface area contributed by atoms with E-state index in [1.807, 2.05) is 0 Å². The summed E-state index contributed by atoms with van der Waals surface area (Å²) in [5, 5.41) is 11.5. The first-order valence-electron chi connectivity index (χ1n) is 29.2. The van der Waals surface area contributed by atoms with Crippen molar-refractivity contribution in [2.75, 3.05) is 0 Å². The highest BCUT2D eigenvalue weighted by atomic mass is 15.0. The molecule has 1 heteroatoms. The van der Waals surface area contributed by atoms with Crippen molar-refractivity contribution in [1.82, 2.24) is 4.57 Å². The Labute approximate surface area is 477 Å². The molecule has 12 aromatic carbocycles. The average Bonchev–Trinajstić information content (AvgIpc) is 4.26. The molecule has 0 N–H and O–H groups in total. The highest BCUT2D eigenvalue weighted by Crippen LogP contribution is 2.56. The van der Waals surface area contributed by atoms with E-state index in [2.05, 4.69) is 298 Å². The van der Waals surface area contributed by atoms with Crippen LogP contribution in [0.2, 0.25) is 0 Å². The number of aromatic nitrogens is 1. The van der Waals surface area contributed by atoms with Crippen LogP contribution in [-0.4, -0.2) is 4.57 Å². The standard InChI is InChI=1S/C80H67N/c1-77(2,3)74-59-33-19-20-34-60(59)75(78(4,5)6)64-45-52(39-42-61(64)74)81-70-47-63-62(46-65(70)73(48-25-13-11-14-26-48)76(81)49-27-15-12-16-28-49)71(50-37-40-55-53-29-21-23-35-66(53)79(7,8)68(55)43-50)57-31-17-18-32-58(57)72(63)51-38-41-56-54-30-22-24-36-67(54)80(9,10)69(56)44-51/h11-47H,1-10H3. The summed E-state index contributed by atoms with van der Waals surface area (Å²) in [5.41, 5.74) is 25.2. The van der Waals surface area contributed by atoms with Crippen LogP contribution in [0.5, 0.6) is 0 Å². The van der Waals surface area contributed by atoms with Gasteiger partial charge in [-0.15, -0.1) is 0 Å². The molecule has 0 fully saturated rings. The number of fused-ring (bicyclic) bond motifs is 11. The van der Waals surface area contributed by atoms with E-state index in [9.17, 15) is 0 Å². The topological polar surface area (TPSA) is 4.93 Å². The predicted octanol–water partition coefficient (Wildman–Crippen LogP) is 22.1. The highest BCUT2D eigenvalue weighted by Gasteiger charge is 2.38. The van der Waals surface area contributed by atoms with Gasteiger partial charge in [-0.2, -0.15) is 0 Å². The summed E-state index contributed by atoms with van der Waals surface area (Å²) < 4.78 is 2.63. The maximum atomic E-state index is 2.63. The first-order valence-corrected chi connectivity index (χ1v) is 29.2. The van der Waals surface area contributed by atoms with E-state index in [1.54, 1.807) is 0 Å². The Kier molecular flexibility index (Phi) is 10.6. The van der Waals surface area contributed by atoms with Crippen LogP contribution in [0, 0.1) is 0 Å². The maximum absolute atomic E-state index is 2.63. The first kappa shape index (κ1) is 49.3. The van der Waals surface area contributed by atoms with E-state index in [0.29, 0.717) is 0 Å². The Morgan fingerprint density at radius 3 is 1.22 bits per heavy atom. The van der Waals surface area contributed by atoms with E-state index >= 15 is 0 Å². The SMILES string of the molecule is CC(C)(C)c1c2ccccc2c(C(C)(C)C)c2cc(-n3c(-c4ccccc4)c(-c4ccccc4)c4cc5c(-c6ccc7c(c6)C(C)(C)c6ccccc6-7)c6ccccc6c(-c6ccc7c(c6)C(C)(C)c6ccccc6-7)c5cc43)ccc12. The van der Waals surface area contributed by atoms with Crippen molar-refractivity contribution in [3.63, 3.8) is 0 Å². The summed E-state index contributed by atoms with van der Waals surface area (Å²) in [4.78, 5) is 0. The largest absolute Gasteiger partial charge is 0.309 e. The zero-order chi connectivity index (χ0) is 55.5. The number of nitrogens with zero attached hydrogens (tertiary/aromatic N) is 1. The maximum Gasteiger partial charge on any atom is 0.0619 e. The van der Waals surface area contributed by atoms with Crippen LogP contribution in [0.15, 0.2) is 224 Å². The summed E-state index contributed by atoms with van der Waals surface area (Å²) in [6.07, 6.45) is 0. The normalized spacial score (nSPS) is 14.2. The van der Waals surface area contributed by atoms with Crippen molar-refractivity contribution in [2.24, 2.45) is 0 Å². The van der Waals surface area contributed by atoms with Crippen LogP contribution in [-0.2, 0) is 21.7 Å². The Morgan fingerprint density at radius 1 is 0.284 bits per heavy atom. The smallest absolute Gasteiger partial charge is 0.0619 e. The van der Waals surface area contributed by atoms with Gasteiger partial charge in [0.1, 0.15) is 0 Å². The molecular weight excluding hydrogens is 975 g/mol. The molecule has 2 aliphatic carbocycles. The van der Waals surface area contributed by atoms with Crippen molar-refractivity contribution in [2.45, 2.75) is 90.9 Å². The van der Waals surface area contributed by atoms with Gasteiger partial charge in [-0.1, -0.05) is 257 Å². The third kappa shape index (κ3) is 7.17. The molecule has 1 aromatic heterocycles. The Balaban J connectivity index is 1.13. The molecule has 0 amide bonds. The molecule has 2 aliphatic rings. The third-order valence-corrected chi connectivity index (χ3v) is 18.7. The summed E-state index contributed by atoms with van der Waals surface area (Å²) in [7, 11) is 0. The lowest BCUT2D eigenvalue weighted by Gasteiger charge is -2.30. The fourth-order valence-electron chi connectivity index (χ4n) is 15.3. The first-order chi connectivity index (χ1) is 39.0. The van der Waals surface area contributed by atoms with E-state index in [0.717, 1.165) is 5.69 Å². The average molecular weight is 1040 g/mol. The number of rotatable bonds is 5. The van der Waals surface area contributed by atoms with Crippen LogP contribution in [0.4, 0.5) is 0 Å². The van der Waals surface area contributed by atoms with Crippen LogP contribution < -0.4 is 0 Å². The van der Waals surface area contributed by atoms with Crippen molar-refractivity contribution in [3.8, 4) is 72.6 Å². The zero-order valence-corrected chi connectivity index (χ0v) is 48.3. The number of hydrogen-bond donors (Lipinski definition) is 0. The zero-order valence-electron chi connectivity index (χ0n) is 48.3. The molecule has 1 nitrogen and oxygen atoms in total. The molecule has 0 aliphatic heterocycles. The second-order valence-corrected chi connectivity index (χ2v) is 26.4. The summed E-state index contributed by atoms with van der Waals surface area (Å²) >= 11 is 0. The van der Waals surface area contributed by atoms with Gasteiger partial charge in [-0.3, -0.25) is 0 Å². The molecule has 0 atom stereocenters. The lowest BCUT2D eigenvalue weighted by Crippen LogP contribution is -2.17. The molecule has 0 bridgehead atoms. The van der Waals surface area contributed by atoms with E-state index in [-0.39, 0.29) is 21.7 Å². The van der Waals surface area contributed by atoms with E-state index < -0.39 is 0 Å². The van der Waals surface area contributed by atoms with Gasteiger partial charge in [-0.25, -0.2) is 0 Å². The molecule has 392 valence electrons. The van der Waals surface area contributed by atoms with E-state index in [4.69, 9.17) is 0 Å². The van der Waals surface area contributed by atoms with Gasteiger partial charge in [0.05, 0.1) is 11.2 Å². The van der Waals surface area contributed by atoms with Gasteiger partial charge in [0.15, 0.2) is 0 Å². The Hall–Kier alpha value is -8.78. The fraction of sp³-hybridized carbons (Fsp3) is 0.175. The van der Waals surface area contributed by atoms with Crippen LogP contribution in [0.25, 0.3) is 127 Å². The molecule has 0 saturated heterocycles. The lowest BCUT2D eigenvalue weighted by molar-refractivity contribution is 0.593. The minimum absolute atomic E-state index is 0.102. The number of hydrogen-bond acceptors (Lipinski definition) is 0. The second kappa shape index (κ2) is 17.4. The Morgan fingerprint density at radius 2 is 0.704 bits per heavy atom. The highest BCUT2D eigenvalue weighted by molar-refractivity contribution is 6.25. The summed E-state index contributed by atoms with van der Waals surface area (Å²) in [6.45, 7) is 23.9. The van der Waals surface area contributed by atoms with Gasteiger partial charge < -0.3 is 4.57 Å². The van der Waals surface area contributed by atoms with Gasteiger partial charge in [0.2, 0.25) is 0 Å².